The minimum atomic E-state index is 0.0228. The maximum Gasteiger partial charge on any atom is 0.228 e. The molecule has 0 saturated carbocycles. The first-order chi connectivity index (χ1) is 9.50. The largest absolute Gasteiger partial charge is 0.340 e. The van der Waals surface area contributed by atoms with Crippen LogP contribution >= 0.6 is 0 Å². The Morgan fingerprint density at radius 2 is 2.00 bits per heavy atom. The number of hydrogen-bond donors (Lipinski definition) is 0. The summed E-state index contributed by atoms with van der Waals surface area (Å²) in [4.78, 5) is 27.4. The highest BCUT2D eigenvalue weighted by Gasteiger charge is 2.24. The van der Waals surface area contributed by atoms with Crippen molar-refractivity contribution in [1.82, 2.24) is 4.90 Å². The van der Waals surface area contributed by atoms with Crippen LogP contribution in [0.4, 0.5) is 5.69 Å². The molecule has 2 rings (SSSR count). The molecule has 0 saturated heterocycles. The van der Waals surface area contributed by atoms with Crippen molar-refractivity contribution in [3.63, 3.8) is 0 Å². The number of nitrogens with zero attached hydrogens (tertiary/aromatic N) is 2. The number of para-hydroxylation sites is 1. The molecule has 1 aliphatic rings. The number of carbonyl (C=O) groups excluding carboxylic acids is 2. The van der Waals surface area contributed by atoms with Gasteiger partial charge in [-0.2, -0.15) is 0 Å². The summed E-state index contributed by atoms with van der Waals surface area (Å²) >= 11 is 0. The quantitative estimate of drug-likeness (QED) is 0.844. The predicted molar refractivity (Wildman–Crippen MR) is 79.6 cm³/mol. The molecule has 0 bridgehead atoms. The van der Waals surface area contributed by atoms with Crippen molar-refractivity contribution >= 4 is 17.5 Å². The van der Waals surface area contributed by atoms with Crippen LogP contribution in [0.15, 0.2) is 24.3 Å². The maximum atomic E-state index is 12.3. The van der Waals surface area contributed by atoms with Crippen LogP contribution in [0.2, 0.25) is 0 Å². The molecule has 0 aromatic heterocycles. The molecule has 1 aliphatic heterocycles. The summed E-state index contributed by atoms with van der Waals surface area (Å²) < 4.78 is 0. The summed E-state index contributed by atoms with van der Waals surface area (Å²) in [5.74, 6) is 0.122. The molecule has 108 valence electrons. The zero-order valence-corrected chi connectivity index (χ0v) is 12.4. The van der Waals surface area contributed by atoms with Gasteiger partial charge in [-0.05, 0) is 31.9 Å². The van der Waals surface area contributed by atoms with Crippen molar-refractivity contribution in [2.75, 3.05) is 18.0 Å². The molecule has 2 amide bonds. The van der Waals surface area contributed by atoms with Gasteiger partial charge in [0.15, 0.2) is 0 Å². The van der Waals surface area contributed by atoms with Crippen molar-refractivity contribution in [3.05, 3.63) is 29.8 Å². The Balaban J connectivity index is 1.98. The highest BCUT2D eigenvalue weighted by Crippen LogP contribution is 2.27. The molecule has 0 atom stereocenters. The monoisotopic (exact) mass is 274 g/mol. The van der Waals surface area contributed by atoms with Gasteiger partial charge >= 0.3 is 0 Å². The third-order valence-electron chi connectivity index (χ3n) is 3.78. The Morgan fingerprint density at radius 3 is 2.65 bits per heavy atom. The summed E-state index contributed by atoms with van der Waals surface area (Å²) in [6, 6.07) is 8.15. The summed E-state index contributed by atoms with van der Waals surface area (Å²) in [5.41, 5.74) is 2.25. The van der Waals surface area contributed by atoms with E-state index in [2.05, 4.69) is 6.07 Å². The Kier molecular flexibility index (Phi) is 4.42. The Hall–Kier alpha value is -1.84. The molecule has 1 heterocycles. The van der Waals surface area contributed by atoms with Gasteiger partial charge in [0.1, 0.15) is 0 Å². The van der Waals surface area contributed by atoms with E-state index in [4.69, 9.17) is 0 Å². The third-order valence-corrected chi connectivity index (χ3v) is 3.78. The second-order valence-corrected chi connectivity index (χ2v) is 5.48. The molecule has 0 unspecified atom stereocenters. The van der Waals surface area contributed by atoms with E-state index >= 15 is 0 Å². The van der Waals surface area contributed by atoms with Crippen LogP contribution in [0.3, 0.4) is 0 Å². The maximum absolute atomic E-state index is 12.3. The number of amides is 2. The second-order valence-electron chi connectivity index (χ2n) is 5.48. The number of rotatable bonds is 4. The van der Waals surface area contributed by atoms with E-state index in [1.54, 1.807) is 11.8 Å². The van der Waals surface area contributed by atoms with E-state index in [9.17, 15) is 9.59 Å². The molecule has 4 heteroatoms. The van der Waals surface area contributed by atoms with E-state index < -0.39 is 0 Å². The zero-order chi connectivity index (χ0) is 14.7. The van der Waals surface area contributed by atoms with Crippen LogP contribution in [-0.4, -0.2) is 35.8 Å². The first kappa shape index (κ1) is 14.6. The Bertz CT molecular complexity index is 511. The van der Waals surface area contributed by atoms with Crippen LogP contribution in [0, 0.1) is 0 Å². The highest BCUT2D eigenvalue weighted by molar-refractivity contribution is 5.95. The first-order valence-corrected chi connectivity index (χ1v) is 7.16. The van der Waals surface area contributed by atoms with Gasteiger partial charge in [0.2, 0.25) is 11.8 Å². The van der Waals surface area contributed by atoms with Gasteiger partial charge in [0, 0.05) is 38.2 Å². The summed E-state index contributed by atoms with van der Waals surface area (Å²) in [6.07, 6.45) is 1.30. The van der Waals surface area contributed by atoms with Crippen molar-refractivity contribution in [1.29, 1.82) is 0 Å². The number of anilines is 1. The van der Waals surface area contributed by atoms with E-state index in [0.717, 1.165) is 18.7 Å². The number of fused-ring (bicyclic) bond motifs is 1. The van der Waals surface area contributed by atoms with E-state index in [0.29, 0.717) is 13.0 Å². The second kappa shape index (κ2) is 6.07. The van der Waals surface area contributed by atoms with Crippen LogP contribution in [0.1, 0.15) is 32.8 Å². The molecule has 0 radical (unpaired) electrons. The summed E-state index contributed by atoms with van der Waals surface area (Å²) in [5, 5.41) is 0. The molecular weight excluding hydrogens is 252 g/mol. The lowest BCUT2D eigenvalue weighted by Gasteiger charge is -2.26. The topological polar surface area (TPSA) is 40.6 Å². The molecule has 0 N–H and O–H groups in total. The average molecular weight is 274 g/mol. The van der Waals surface area contributed by atoms with Gasteiger partial charge < -0.3 is 9.80 Å². The molecule has 0 spiro atoms. The van der Waals surface area contributed by atoms with Gasteiger partial charge in [-0.3, -0.25) is 9.59 Å². The van der Waals surface area contributed by atoms with Crippen LogP contribution in [-0.2, 0) is 16.0 Å². The SMILES string of the molecule is CC(=O)N(CCC(=O)N1CCc2ccccc21)C(C)C. The third kappa shape index (κ3) is 3.00. The Labute approximate surface area is 120 Å². The van der Waals surface area contributed by atoms with Crippen LogP contribution in [0.25, 0.3) is 0 Å². The van der Waals surface area contributed by atoms with Crippen molar-refractivity contribution in [3.8, 4) is 0 Å². The molecule has 1 aromatic rings. The predicted octanol–water partition coefficient (Wildman–Crippen LogP) is 2.22. The fraction of sp³-hybridized carbons (Fsp3) is 0.500. The number of carbonyl (C=O) groups is 2. The fourth-order valence-corrected chi connectivity index (χ4v) is 2.73. The van der Waals surface area contributed by atoms with Gasteiger partial charge in [-0.25, -0.2) is 0 Å². The van der Waals surface area contributed by atoms with E-state index in [-0.39, 0.29) is 17.9 Å². The van der Waals surface area contributed by atoms with E-state index in [1.807, 2.05) is 36.9 Å². The lowest BCUT2D eigenvalue weighted by Crippen LogP contribution is -2.39. The van der Waals surface area contributed by atoms with Crippen LogP contribution in [0.5, 0.6) is 0 Å². The fourth-order valence-electron chi connectivity index (χ4n) is 2.73. The Morgan fingerprint density at radius 1 is 1.30 bits per heavy atom. The normalized spacial score (nSPS) is 13.5. The van der Waals surface area contributed by atoms with Crippen LogP contribution < -0.4 is 4.90 Å². The summed E-state index contributed by atoms with van der Waals surface area (Å²) in [7, 11) is 0. The molecule has 1 aromatic carbocycles. The lowest BCUT2D eigenvalue weighted by atomic mass is 10.2. The standard InChI is InChI=1S/C16H22N2O2/c1-12(2)17(13(3)19)11-9-16(20)18-10-8-14-6-4-5-7-15(14)18/h4-7,12H,8-11H2,1-3H3. The molecule has 4 nitrogen and oxygen atoms in total. The number of benzene rings is 1. The van der Waals surface area contributed by atoms with Crippen molar-refractivity contribution < 1.29 is 9.59 Å². The highest BCUT2D eigenvalue weighted by atomic mass is 16.2. The molecule has 20 heavy (non-hydrogen) atoms. The van der Waals surface area contributed by atoms with Gasteiger partial charge in [0.05, 0.1) is 0 Å². The zero-order valence-electron chi connectivity index (χ0n) is 12.4. The first-order valence-electron chi connectivity index (χ1n) is 7.16. The average Bonchev–Trinajstić information content (AvgIpc) is 2.81. The van der Waals surface area contributed by atoms with Gasteiger partial charge in [0.25, 0.3) is 0 Å². The molecule has 0 aliphatic carbocycles. The lowest BCUT2D eigenvalue weighted by molar-refractivity contribution is -0.131. The number of hydrogen-bond acceptors (Lipinski definition) is 2. The van der Waals surface area contributed by atoms with Gasteiger partial charge in [-0.15, -0.1) is 0 Å². The molecular formula is C16H22N2O2. The minimum Gasteiger partial charge on any atom is -0.340 e. The van der Waals surface area contributed by atoms with Gasteiger partial charge in [-0.1, -0.05) is 18.2 Å². The summed E-state index contributed by atoms with van der Waals surface area (Å²) in [6.45, 7) is 6.73. The molecule has 0 fully saturated rings. The smallest absolute Gasteiger partial charge is 0.228 e. The van der Waals surface area contributed by atoms with Crippen molar-refractivity contribution in [2.24, 2.45) is 0 Å². The van der Waals surface area contributed by atoms with Crippen molar-refractivity contribution in [2.45, 2.75) is 39.7 Å². The minimum absolute atomic E-state index is 0.0228. The van der Waals surface area contributed by atoms with E-state index in [1.165, 1.54) is 5.56 Å².